The Balaban J connectivity index is 2.99. The highest BCUT2D eigenvalue weighted by Crippen LogP contribution is 2.33. The number of carbonyl (C=O) groups is 12. The van der Waals surface area contributed by atoms with Crippen molar-refractivity contribution in [2.24, 2.45) is 41.4 Å². The van der Waals surface area contributed by atoms with E-state index in [0.717, 1.165) is 4.90 Å². The lowest BCUT2D eigenvalue weighted by atomic mass is 9.93. The molecule has 0 aliphatic carbocycles. The molecule has 2 heterocycles. The fourth-order valence-electron chi connectivity index (χ4n) is 11.5. The van der Waals surface area contributed by atoms with Gasteiger partial charge in [0.25, 0.3) is 0 Å². The maximum Gasteiger partial charge on any atom is 0.307 e. The minimum absolute atomic E-state index is 0.0190. The average molecular weight is 1280 g/mol. The quantitative estimate of drug-likeness (QED) is 0.162. The fourth-order valence-corrected chi connectivity index (χ4v) is 11.5. The van der Waals surface area contributed by atoms with E-state index >= 15 is 19.2 Å². The molecule has 1 unspecified atom stereocenters. The van der Waals surface area contributed by atoms with Gasteiger partial charge >= 0.3 is 5.97 Å². The first-order valence-corrected chi connectivity index (χ1v) is 32.1. The van der Waals surface area contributed by atoms with Crippen LogP contribution in [-0.4, -0.2) is 248 Å². The van der Waals surface area contributed by atoms with Crippen molar-refractivity contribution in [1.29, 1.82) is 0 Å². The maximum absolute atomic E-state index is 15.4. The molecule has 11 amide bonds. The normalized spacial score (nSPS) is 28.5. The Bertz CT molecular complexity index is 2490. The molecule has 0 radical (unpaired) electrons. The van der Waals surface area contributed by atoms with Crippen molar-refractivity contribution in [3.8, 4) is 0 Å². The number of ether oxygens (including phenoxy) is 3. The van der Waals surface area contributed by atoms with Gasteiger partial charge in [-0.1, -0.05) is 96.9 Å². The molecule has 2 fully saturated rings. The summed E-state index contributed by atoms with van der Waals surface area (Å²) in [6.07, 6.45) is -1.26. The Morgan fingerprint density at radius 3 is 1.44 bits per heavy atom. The van der Waals surface area contributed by atoms with E-state index in [9.17, 15) is 38.4 Å². The van der Waals surface area contributed by atoms with Gasteiger partial charge in [0, 0.05) is 55.8 Å². The molecule has 90 heavy (non-hydrogen) atoms. The molecule has 0 aromatic carbocycles. The largest absolute Gasteiger partial charge is 0.469 e. The van der Waals surface area contributed by atoms with Gasteiger partial charge in [0.05, 0.1) is 32.8 Å². The van der Waals surface area contributed by atoms with Gasteiger partial charge in [0.2, 0.25) is 65.0 Å². The lowest BCUT2D eigenvalue weighted by molar-refractivity contribution is -0.169. The molecule has 0 aromatic heterocycles. The minimum atomic E-state index is -1.48. The number of esters is 1. The third-order valence-electron chi connectivity index (χ3n) is 17.0. The number of hydrogen-bond donors (Lipinski definition) is 4. The smallest absolute Gasteiger partial charge is 0.307 e. The Hall–Kier alpha value is -6.44. The highest BCUT2D eigenvalue weighted by atomic mass is 16.7. The number of hydrogen-bond acceptors (Lipinski definition) is 15. The highest BCUT2D eigenvalue weighted by molar-refractivity contribution is 5.99. The van der Waals surface area contributed by atoms with Crippen LogP contribution in [0, 0.1) is 41.4 Å². The molecule has 2 aliphatic rings. The van der Waals surface area contributed by atoms with E-state index in [1.807, 2.05) is 55.4 Å². The van der Waals surface area contributed by atoms with Crippen LogP contribution < -0.4 is 21.3 Å². The average Bonchev–Trinajstić information content (AvgIpc) is 1.48. The lowest BCUT2D eigenvalue weighted by Crippen LogP contribution is -2.63. The van der Waals surface area contributed by atoms with Crippen LogP contribution in [0.5, 0.6) is 0 Å². The molecule has 0 spiro atoms. The van der Waals surface area contributed by atoms with Crippen molar-refractivity contribution in [2.45, 2.75) is 229 Å². The first kappa shape index (κ1) is 79.7. The number of likely N-dealkylation sites (N-methyl/N-ethyl adjacent to an activating group) is 7. The second-order valence-electron chi connectivity index (χ2n) is 27.3. The van der Waals surface area contributed by atoms with Gasteiger partial charge in [-0.15, -0.1) is 0 Å². The summed E-state index contributed by atoms with van der Waals surface area (Å²) in [4.78, 5) is 182. The Kier molecular flexibility index (Phi) is 31.8. The predicted octanol–water partition coefficient (Wildman–Crippen LogP) is 2.64. The number of nitrogens with one attached hydrogen (secondary N) is 4. The number of carbonyl (C=O) groups excluding carboxylic acids is 12. The van der Waals surface area contributed by atoms with Crippen LogP contribution in [0.25, 0.3) is 0 Å². The van der Waals surface area contributed by atoms with E-state index < -0.39 is 168 Å². The highest BCUT2D eigenvalue weighted by Gasteiger charge is 2.49. The van der Waals surface area contributed by atoms with Gasteiger partial charge in [-0.2, -0.15) is 0 Å². The monoisotopic (exact) mass is 1280 g/mol. The molecular weight excluding hydrogens is 1160 g/mol. The summed E-state index contributed by atoms with van der Waals surface area (Å²) in [6.45, 7) is 27.5. The van der Waals surface area contributed by atoms with Gasteiger partial charge < -0.3 is 69.8 Å². The molecule has 2 rings (SSSR count). The molecule has 13 atom stereocenters. The molecular formula is C64H113N11O15. The zero-order valence-electron chi connectivity index (χ0n) is 58.6. The van der Waals surface area contributed by atoms with Crippen molar-refractivity contribution >= 4 is 70.9 Å². The van der Waals surface area contributed by atoms with E-state index in [1.54, 1.807) is 41.5 Å². The third-order valence-corrected chi connectivity index (χ3v) is 17.0. The minimum Gasteiger partial charge on any atom is -0.469 e. The summed E-state index contributed by atoms with van der Waals surface area (Å²) in [5.74, 6) is -10.1. The van der Waals surface area contributed by atoms with Gasteiger partial charge in [0.1, 0.15) is 60.4 Å². The summed E-state index contributed by atoms with van der Waals surface area (Å²) in [7, 11) is 11.2. The predicted molar refractivity (Wildman–Crippen MR) is 339 cm³/mol. The first-order valence-electron chi connectivity index (χ1n) is 32.1. The topological polar surface area (TPSA) is 303 Å². The molecule has 2 saturated heterocycles. The second kappa shape index (κ2) is 36.0. The lowest BCUT2D eigenvalue weighted by Gasteiger charge is -2.41. The Morgan fingerprint density at radius 2 is 0.967 bits per heavy atom. The van der Waals surface area contributed by atoms with Crippen LogP contribution in [-0.2, 0) is 71.7 Å². The van der Waals surface area contributed by atoms with Crippen molar-refractivity contribution in [2.75, 3.05) is 69.6 Å². The van der Waals surface area contributed by atoms with Crippen LogP contribution in [0.1, 0.15) is 156 Å². The van der Waals surface area contributed by atoms with Crippen LogP contribution in [0.2, 0.25) is 0 Å². The number of methoxy groups -OCH3 is 1. The molecule has 2 aliphatic heterocycles. The molecule has 26 nitrogen and oxygen atoms in total. The standard InChI is InChI=1S/C64H113N11O15/c1-25-43-60(83)69(17)33-48(76)70(18)44(28-34(2)3)57(80)68-51(38(10)11)63(86)71(19)45(29-35(4)5)56(79)65-41(15)55(78)66-42(16)59(82)72(20)46(30-36(6)7)61(84)73(21)47(31-37(8)9)62(85)74(22)52(39(12)13)64(87)75(23)53(58(81)67-43)54-40(14)32-50(90-54)89-27-26-49(77)88-24/h34-47,50-54H,25-33H2,1-24H3,(H,65,79)(H,66,78)(H,67,81)(H,68,80)/t40-,41+,42-,43+,44+,45+,46+,47+,50?,51+,52+,53+,54-/m1/s1. The zero-order chi connectivity index (χ0) is 69.3. The molecule has 4 N–H and O–H groups in total. The summed E-state index contributed by atoms with van der Waals surface area (Å²) in [5.41, 5.74) is 0. The zero-order valence-corrected chi connectivity index (χ0v) is 58.6. The van der Waals surface area contributed by atoms with Crippen LogP contribution >= 0.6 is 0 Å². The van der Waals surface area contributed by atoms with Crippen molar-refractivity contribution < 1.29 is 71.7 Å². The van der Waals surface area contributed by atoms with Crippen molar-refractivity contribution in [3.05, 3.63) is 0 Å². The van der Waals surface area contributed by atoms with E-state index in [4.69, 9.17) is 14.2 Å². The van der Waals surface area contributed by atoms with Gasteiger partial charge in [-0.05, 0) is 87.4 Å². The summed E-state index contributed by atoms with van der Waals surface area (Å²) >= 11 is 0. The molecule has 0 bridgehead atoms. The number of nitrogens with zero attached hydrogens (tertiary/aromatic N) is 7. The molecule has 26 heteroatoms. The number of rotatable bonds is 16. The van der Waals surface area contributed by atoms with Crippen molar-refractivity contribution in [1.82, 2.24) is 55.6 Å². The summed E-state index contributed by atoms with van der Waals surface area (Å²) < 4.78 is 17.1. The third kappa shape index (κ3) is 21.9. The Labute approximate surface area is 536 Å². The van der Waals surface area contributed by atoms with Crippen LogP contribution in [0.15, 0.2) is 0 Å². The first-order chi connectivity index (χ1) is 41.7. The number of amides is 11. The second-order valence-corrected chi connectivity index (χ2v) is 27.3. The SMILES string of the molecule is CC[C@@H]1NC(=O)[C@H]([C@@H]2OC(OCCC(=O)OC)C[C@H]2C)N(C)C(=O)[C@H](C(C)C)N(C)C(=O)[C@H](CC(C)C)N(C)C(=O)[C@H](CC(C)C)N(C)C(=O)[C@@H](C)NC(=O)[C@H](C)NC(=O)[C@H](CC(C)C)N(C)C(=O)[C@H](C(C)C)NC(=O)[C@H](CC(C)C)N(C)C(=O)CN(C)C1=O. The fraction of sp³-hybridized carbons (Fsp3) is 0.812. The van der Waals surface area contributed by atoms with E-state index in [-0.39, 0.29) is 75.2 Å². The molecule has 0 aromatic rings. The molecule has 0 saturated carbocycles. The van der Waals surface area contributed by atoms with Gasteiger partial charge in [-0.25, -0.2) is 0 Å². The van der Waals surface area contributed by atoms with E-state index in [1.165, 1.54) is 99.7 Å². The summed E-state index contributed by atoms with van der Waals surface area (Å²) in [5, 5.41) is 11.1. The van der Waals surface area contributed by atoms with Crippen LogP contribution in [0.3, 0.4) is 0 Å². The van der Waals surface area contributed by atoms with E-state index in [0.29, 0.717) is 0 Å². The molecule has 514 valence electrons. The van der Waals surface area contributed by atoms with Gasteiger partial charge in [0.15, 0.2) is 6.29 Å². The van der Waals surface area contributed by atoms with E-state index in [2.05, 4.69) is 21.3 Å². The maximum atomic E-state index is 15.4. The Morgan fingerprint density at radius 1 is 0.511 bits per heavy atom. The van der Waals surface area contributed by atoms with Crippen LogP contribution in [0.4, 0.5) is 0 Å². The van der Waals surface area contributed by atoms with Crippen molar-refractivity contribution in [3.63, 3.8) is 0 Å². The summed E-state index contributed by atoms with van der Waals surface area (Å²) in [6, 6.07) is -12.3. The van der Waals surface area contributed by atoms with Gasteiger partial charge in [-0.3, -0.25) is 57.5 Å².